The SMILES string of the molecule is C=CC[C@@H](Nc1ccc(C)cc1)c1ccccc1. The molecule has 1 atom stereocenters. The second kappa shape index (κ2) is 6.06. The largest absolute Gasteiger partial charge is 0.378 e. The Balaban J connectivity index is 2.16. The van der Waals surface area contributed by atoms with Gasteiger partial charge in [0.05, 0.1) is 6.04 Å². The number of rotatable bonds is 5. The van der Waals surface area contributed by atoms with Gasteiger partial charge in [-0.25, -0.2) is 0 Å². The maximum absolute atomic E-state index is 3.84. The number of nitrogens with one attached hydrogen (secondary N) is 1. The van der Waals surface area contributed by atoms with Gasteiger partial charge in [0.1, 0.15) is 0 Å². The molecule has 0 bridgehead atoms. The van der Waals surface area contributed by atoms with Crippen molar-refractivity contribution < 1.29 is 0 Å². The summed E-state index contributed by atoms with van der Waals surface area (Å²) < 4.78 is 0. The molecule has 1 nitrogen and oxygen atoms in total. The van der Waals surface area contributed by atoms with E-state index in [1.54, 1.807) is 0 Å². The number of hydrogen-bond acceptors (Lipinski definition) is 1. The lowest BCUT2D eigenvalue weighted by Crippen LogP contribution is -2.09. The Hall–Kier alpha value is -2.02. The van der Waals surface area contributed by atoms with Crippen LogP contribution in [-0.4, -0.2) is 0 Å². The zero-order chi connectivity index (χ0) is 12.8. The first kappa shape index (κ1) is 12.4. The first-order chi connectivity index (χ1) is 8.79. The van der Waals surface area contributed by atoms with E-state index in [0.29, 0.717) is 0 Å². The van der Waals surface area contributed by atoms with Crippen molar-refractivity contribution in [2.24, 2.45) is 0 Å². The van der Waals surface area contributed by atoms with E-state index in [9.17, 15) is 0 Å². The van der Waals surface area contributed by atoms with Gasteiger partial charge in [0.25, 0.3) is 0 Å². The molecule has 2 aromatic rings. The molecule has 0 radical (unpaired) electrons. The van der Waals surface area contributed by atoms with Crippen molar-refractivity contribution in [1.29, 1.82) is 0 Å². The number of aryl methyl sites for hydroxylation is 1. The van der Waals surface area contributed by atoms with E-state index < -0.39 is 0 Å². The number of hydrogen-bond donors (Lipinski definition) is 1. The summed E-state index contributed by atoms with van der Waals surface area (Å²) in [4.78, 5) is 0. The lowest BCUT2D eigenvalue weighted by Gasteiger charge is -2.19. The van der Waals surface area contributed by atoms with Crippen LogP contribution < -0.4 is 5.32 Å². The fourth-order valence-corrected chi connectivity index (χ4v) is 1.98. The Labute approximate surface area is 109 Å². The minimum atomic E-state index is 0.284. The maximum atomic E-state index is 3.84. The maximum Gasteiger partial charge on any atom is 0.0548 e. The molecule has 0 amide bonds. The Morgan fingerprint density at radius 3 is 2.33 bits per heavy atom. The summed E-state index contributed by atoms with van der Waals surface area (Å²) in [7, 11) is 0. The monoisotopic (exact) mass is 237 g/mol. The van der Waals surface area contributed by atoms with Crippen LogP contribution in [0.25, 0.3) is 0 Å². The van der Waals surface area contributed by atoms with Gasteiger partial charge in [0, 0.05) is 5.69 Å². The molecule has 0 heterocycles. The summed E-state index contributed by atoms with van der Waals surface area (Å²) >= 11 is 0. The standard InChI is InChI=1S/C17H19N/c1-3-7-17(15-8-5-4-6-9-15)18-16-12-10-14(2)11-13-16/h3-6,8-13,17-18H,1,7H2,2H3/t17-/m1/s1. The second-order valence-electron chi connectivity index (χ2n) is 4.50. The first-order valence-corrected chi connectivity index (χ1v) is 6.28. The molecule has 2 rings (SSSR count). The number of benzene rings is 2. The van der Waals surface area contributed by atoms with Gasteiger partial charge in [-0.2, -0.15) is 0 Å². The van der Waals surface area contributed by atoms with E-state index in [4.69, 9.17) is 0 Å². The first-order valence-electron chi connectivity index (χ1n) is 6.28. The Kier molecular flexibility index (Phi) is 4.19. The third kappa shape index (κ3) is 3.24. The topological polar surface area (TPSA) is 12.0 Å². The van der Waals surface area contributed by atoms with E-state index in [-0.39, 0.29) is 6.04 Å². The van der Waals surface area contributed by atoms with Crippen LogP contribution >= 0.6 is 0 Å². The summed E-state index contributed by atoms with van der Waals surface area (Å²) in [6.07, 6.45) is 2.87. The molecule has 0 aromatic heterocycles. The average Bonchev–Trinajstić information content (AvgIpc) is 2.42. The van der Waals surface area contributed by atoms with Crippen LogP contribution in [-0.2, 0) is 0 Å². The van der Waals surface area contributed by atoms with E-state index in [0.717, 1.165) is 12.1 Å². The van der Waals surface area contributed by atoms with E-state index >= 15 is 0 Å². The predicted octanol–water partition coefficient (Wildman–Crippen LogP) is 4.72. The van der Waals surface area contributed by atoms with Crippen molar-refractivity contribution in [3.8, 4) is 0 Å². The van der Waals surface area contributed by atoms with Crippen LogP contribution in [0.5, 0.6) is 0 Å². The summed E-state index contributed by atoms with van der Waals surface area (Å²) in [5.74, 6) is 0. The molecule has 0 unspecified atom stereocenters. The third-order valence-corrected chi connectivity index (χ3v) is 3.00. The molecular weight excluding hydrogens is 218 g/mol. The summed E-state index contributed by atoms with van der Waals surface area (Å²) in [5, 5.41) is 3.55. The fourth-order valence-electron chi connectivity index (χ4n) is 1.98. The molecular formula is C17H19N. The highest BCUT2D eigenvalue weighted by atomic mass is 14.9. The van der Waals surface area contributed by atoms with Crippen LogP contribution in [0.3, 0.4) is 0 Å². The van der Waals surface area contributed by atoms with Gasteiger partial charge in [0.2, 0.25) is 0 Å². The predicted molar refractivity (Wildman–Crippen MR) is 78.8 cm³/mol. The van der Waals surface area contributed by atoms with Gasteiger partial charge in [-0.05, 0) is 31.0 Å². The van der Waals surface area contributed by atoms with Crippen LogP contribution in [0.4, 0.5) is 5.69 Å². The molecule has 0 aliphatic rings. The molecule has 1 heteroatoms. The fraction of sp³-hybridized carbons (Fsp3) is 0.176. The van der Waals surface area contributed by atoms with Gasteiger partial charge in [-0.1, -0.05) is 54.1 Å². The highest BCUT2D eigenvalue weighted by Crippen LogP contribution is 2.23. The van der Waals surface area contributed by atoms with Crippen LogP contribution in [0.15, 0.2) is 67.3 Å². The third-order valence-electron chi connectivity index (χ3n) is 3.00. The quantitative estimate of drug-likeness (QED) is 0.742. The van der Waals surface area contributed by atoms with Crippen LogP contribution in [0.1, 0.15) is 23.6 Å². The van der Waals surface area contributed by atoms with Gasteiger partial charge in [-0.15, -0.1) is 6.58 Å². The Morgan fingerprint density at radius 1 is 1.06 bits per heavy atom. The zero-order valence-corrected chi connectivity index (χ0v) is 10.8. The molecule has 0 aliphatic carbocycles. The van der Waals surface area contributed by atoms with Gasteiger partial charge >= 0.3 is 0 Å². The normalized spacial score (nSPS) is 11.8. The summed E-state index contributed by atoms with van der Waals surface area (Å²) in [6, 6.07) is 19.3. The van der Waals surface area contributed by atoms with E-state index in [1.165, 1.54) is 11.1 Å². The lowest BCUT2D eigenvalue weighted by molar-refractivity contribution is 0.799. The van der Waals surface area contributed by atoms with Gasteiger partial charge < -0.3 is 5.32 Å². The van der Waals surface area contributed by atoms with Gasteiger partial charge in [0.15, 0.2) is 0 Å². The number of anilines is 1. The van der Waals surface area contributed by atoms with E-state index in [1.807, 2.05) is 12.1 Å². The molecule has 0 spiro atoms. The van der Waals surface area contributed by atoms with Crippen molar-refractivity contribution in [1.82, 2.24) is 0 Å². The minimum absolute atomic E-state index is 0.284. The van der Waals surface area contributed by atoms with Crippen molar-refractivity contribution in [3.63, 3.8) is 0 Å². The van der Waals surface area contributed by atoms with E-state index in [2.05, 4.69) is 67.4 Å². The zero-order valence-electron chi connectivity index (χ0n) is 10.8. The molecule has 1 N–H and O–H groups in total. The highest BCUT2D eigenvalue weighted by molar-refractivity contribution is 5.46. The summed E-state index contributed by atoms with van der Waals surface area (Å²) in [5.41, 5.74) is 3.72. The summed E-state index contributed by atoms with van der Waals surface area (Å²) in [6.45, 7) is 5.94. The van der Waals surface area contributed by atoms with Crippen molar-refractivity contribution >= 4 is 5.69 Å². The van der Waals surface area contributed by atoms with Crippen molar-refractivity contribution in [2.75, 3.05) is 5.32 Å². The van der Waals surface area contributed by atoms with Crippen molar-refractivity contribution in [2.45, 2.75) is 19.4 Å². The average molecular weight is 237 g/mol. The Morgan fingerprint density at radius 2 is 1.72 bits per heavy atom. The molecule has 0 aliphatic heterocycles. The molecule has 0 fully saturated rings. The second-order valence-corrected chi connectivity index (χ2v) is 4.50. The highest BCUT2D eigenvalue weighted by Gasteiger charge is 2.08. The molecule has 0 saturated heterocycles. The molecule has 0 saturated carbocycles. The van der Waals surface area contributed by atoms with Crippen LogP contribution in [0.2, 0.25) is 0 Å². The van der Waals surface area contributed by atoms with Gasteiger partial charge in [-0.3, -0.25) is 0 Å². The van der Waals surface area contributed by atoms with Crippen molar-refractivity contribution in [3.05, 3.63) is 78.4 Å². The molecule has 92 valence electrons. The molecule has 2 aromatic carbocycles. The minimum Gasteiger partial charge on any atom is -0.378 e. The van der Waals surface area contributed by atoms with Crippen LogP contribution in [0, 0.1) is 6.92 Å². The smallest absolute Gasteiger partial charge is 0.0548 e. The Bertz CT molecular complexity index is 485. The molecule has 18 heavy (non-hydrogen) atoms. The lowest BCUT2D eigenvalue weighted by atomic mass is 10.0.